The fourth-order valence-electron chi connectivity index (χ4n) is 5.92. The molecule has 0 unspecified atom stereocenters. The van der Waals surface area contributed by atoms with Gasteiger partial charge >= 0.3 is 11.9 Å². The van der Waals surface area contributed by atoms with Gasteiger partial charge in [-0.05, 0) is 76.5 Å². The van der Waals surface area contributed by atoms with Crippen LogP contribution in [0.4, 0.5) is 5.69 Å². The molecule has 0 saturated heterocycles. The molecule has 0 spiro atoms. The van der Waals surface area contributed by atoms with Crippen molar-refractivity contribution in [3.8, 4) is 0 Å². The lowest BCUT2D eigenvalue weighted by Gasteiger charge is -2.49. The molecule has 0 bridgehead atoms. The number of allylic oxidation sites excluding steroid dienone is 3. The van der Waals surface area contributed by atoms with Crippen molar-refractivity contribution in [3.63, 3.8) is 0 Å². The Balaban J connectivity index is 1.95. The molecule has 0 aromatic heterocycles. The zero-order chi connectivity index (χ0) is 24.8. The zero-order valence-electron chi connectivity index (χ0n) is 22.0. The molecule has 1 saturated carbocycles. The van der Waals surface area contributed by atoms with Gasteiger partial charge in [-0.3, -0.25) is 0 Å². The minimum Gasteiger partial charge on any atom is -0.463 e. The van der Waals surface area contributed by atoms with E-state index in [1.54, 1.807) is 6.08 Å². The molecule has 1 aliphatic heterocycles. The minimum absolute atomic E-state index is 0.0819. The second kappa shape index (κ2) is 8.87. The van der Waals surface area contributed by atoms with Gasteiger partial charge in [-0.2, -0.15) is 0 Å². The van der Waals surface area contributed by atoms with Crippen molar-refractivity contribution >= 4 is 17.6 Å². The van der Waals surface area contributed by atoms with Crippen molar-refractivity contribution in [3.05, 3.63) is 53.1 Å². The minimum atomic E-state index is -0.290. The number of rotatable bonds is 7. The fourth-order valence-corrected chi connectivity index (χ4v) is 5.92. The van der Waals surface area contributed by atoms with E-state index < -0.39 is 0 Å². The van der Waals surface area contributed by atoms with Crippen molar-refractivity contribution < 1.29 is 14.3 Å². The molecule has 1 fully saturated rings. The Bertz CT molecular complexity index is 990. The molecular weight excluding hydrogens is 410 g/mol. The van der Waals surface area contributed by atoms with Gasteiger partial charge < -0.3 is 4.74 Å². The predicted octanol–water partition coefficient (Wildman–Crippen LogP) is 6.36. The van der Waals surface area contributed by atoms with Crippen molar-refractivity contribution in [1.82, 2.24) is 4.48 Å². The van der Waals surface area contributed by atoms with Crippen LogP contribution in [0.5, 0.6) is 0 Å². The van der Waals surface area contributed by atoms with E-state index in [4.69, 9.17) is 4.74 Å². The normalized spacial score (nSPS) is 26.1. The van der Waals surface area contributed by atoms with Crippen molar-refractivity contribution in [2.24, 2.45) is 5.92 Å². The summed E-state index contributed by atoms with van der Waals surface area (Å²) in [5.74, 6) is 0.470. The Kier molecular flexibility index (Phi) is 6.83. The molecule has 0 radical (unpaired) electrons. The van der Waals surface area contributed by atoms with Gasteiger partial charge in [0, 0.05) is 23.1 Å². The predicted molar refractivity (Wildman–Crippen MR) is 136 cm³/mol. The molecule has 1 heterocycles. The van der Waals surface area contributed by atoms with Crippen molar-refractivity contribution in [2.45, 2.75) is 98.1 Å². The van der Waals surface area contributed by atoms with Crippen LogP contribution in [0, 0.1) is 5.92 Å². The quantitative estimate of drug-likeness (QED) is 0.209. The number of esters is 1. The first-order valence-corrected chi connectivity index (χ1v) is 12.4. The summed E-state index contributed by atoms with van der Waals surface area (Å²) in [5.41, 5.74) is 4.65. The standard InChI is InChI=1S/C29H42NO3/c1-10-33-27(32)15-21(6)11-12-23-17-29(23,9)22-13-14-25-24(16-22)28(7,8)18-26(31)30(25,19(2)3)20(4)5/h11-16,19-20,23H,10,17-18H2,1-9H3/q+1/t23-,29-/m1/s1. The van der Waals surface area contributed by atoms with Crippen LogP contribution in [-0.2, 0) is 25.2 Å². The first-order chi connectivity index (χ1) is 15.3. The number of carbonyl (C=O) groups is 2. The lowest BCUT2D eigenvalue weighted by Crippen LogP contribution is -2.66. The van der Waals surface area contributed by atoms with Crippen LogP contribution >= 0.6 is 0 Å². The van der Waals surface area contributed by atoms with Gasteiger partial charge in [0.15, 0.2) is 0 Å². The number of hydrogen-bond acceptors (Lipinski definition) is 3. The number of carbonyl (C=O) groups excluding carboxylic acids is 2. The molecule has 33 heavy (non-hydrogen) atoms. The fraction of sp³-hybridized carbons (Fsp3) is 0.586. The first-order valence-electron chi connectivity index (χ1n) is 12.4. The maximum atomic E-state index is 13.5. The molecule has 2 aliphatic rings. The highest BCUT2D eigenvalue weighted by molar-refractivity contribution is 5.94. The summed E-state index contributed by atoms with van der Waals surface area (Å²) in [4.78, 5) is 25.2. The number of amides is 1. The summed E-state index contributed by atoms with van der Waals surface area (Å²) in [6.45, 7) is 19.5. The number of nitrogens with zero attached hydrogens (tertiary/aromatic N) is 1. The Morgan fingerprint density at radius 2 is 1.82 bits per heavy atom. The van der Waals surface area contributed by atoms with Crippen molar-refractivity contribution in [1.29, 1.82) is 0 Å². The monoisotopic (exact) mass is 452 g/mol. The van der Waals surface area contributed by atoms with Crippen LogP contribution in [-0.4, -0.2) is 30.6 Å². The van der Waals surface area contributed by atoms with Gasteiger partial charge in [0.2, 0.25) is 0 Å². The van der Waals surface area contributed by atoms with E-state index >= 15 is 0 Å². The van der Waals surface area contributed by atoms with Crippen LogP contribution < -0.4 is 4.48 Å². The second-order valence-corrected chi connectivity index (χ2v) is 11.4. The van der Waals surface area contributed by atoms with E-state index in [0.717, 1.165) is 12.0 Å². The average Bonchev–Trinajstić information content (AvgIpc) is 3.37. The highest BCUT2D eigenvalue weighted by Crippen LogP contribution is 2.57. The Morgan fingerprint density at radius 3 is 2.39 bits per heavy atom. The summed E-state index contributed by atoms with van der Waals surface area (Å²) < 4.78 is 5.43. The SMILES string of the molecule is CCOC(=O)C=C(C)C=C[C@@H]1C[C@]1(C)c1ccc2c(c1)C(C)(C)CC(=O)[N+]2(C(C)C)C(C)C. The summed E-state index contributed by atoms with van der Waals surface area (Å²) in [5, 5.41) is 0. The summed E-state index contributed by atoms with van der Waals surface area (Å²) in [7, 11) is 0. The van der Waals surface area contributed by atoms with E-state index in [-0.39, 0.29) is 28.9 Å². The summed E-state index contributed by atoms with van der Waals surface area (Å²) in [6.07, 6.45) is 7.46. The molecule has 180 valence electrons. The van der Waals surface area contributed by atoms with E-state index in [2.05, 4.69) is 72.7 Å². The van der Waals surface area contributed by atoms with E-state index in [9.17, 15) is 9.59 Å². The van der Waals surface area contributed by atoms with Gasteiger partial charge in [-0.1, -0.05) is 39.0 Å². The third-order valence-electron chi connectivity index (χ3n) is 7.94. The number of quaternary nitrogens is 1. The molecule has 4 heteroatoms. The molecule has 1 aliphatic carbocycles. The largest absolute Gasteiger partial charge is 0.463 e. The number of ether oxygens (including phenoxy) is 1. The first kappa shape index (κ1) is 25.4. The third kappa shape index (κ3) is 4.35. The number of benzene rings is 1. The third-order valence-corrected chi connectivity index (χ3v) is 7.94. The van der Waals surface area contributed by atoms with E-state index in [1.807, 2.05) is 19.9 Å². The highest BCUT2D eigenvalue weighted by Gasteiger charge is 2.55. The number of fused-ring (bicyclic) bond motifs is 1. The molecule has 3 rings (SSSR count). The number of hydrogen-bond donors (Lipinski definition) is 0. The topological polar surface area (TPSA) is 43.4 Å². The maximum Gasteiger partial charge on any atom is 0.330 e. The molecule has 2 atom stereocenters. The van der Waals surface area contributed by atoms with E-state index in [1.165, 1.54) is 16.8 Å². The van der Waals surface area contributed by atoms with Crippen LogP contribution in [0.2, 0.25) is 0 Å². The van der Waals surface area contributed by atoms with Crippen molar-refractivity contribution in [2.75, 3.05) is 6.61 Å². The molecule has 1 amide bonds. The second-order valence-electron chi connectivity index (χ2n) is 11.4. The smallest absolute Gasteiger partial charge is 0.330 e. The Hall–Kier alpha value is -2.20. The highest BCUT2D eigenvalue weighted by atomic mass is 16.5. The molecule has 0 N–H and O–H groups in total. The maximum absolute atomic E-state index is 13.5. The van der Waals surface area contributed by atoms with Crippen LogP contribution in [0.3, 0.4) is 0 Å². The Labute approximate surface area is 200 Å². The lowest BCUT2D eigenvalue weighted by atomic mass is 9.73. The molecule has 4 nitrogen and oxygen atoms in total. The van der Waals surface area contributed by atoms with Crippen LogP contribution in [0.1, 0.15) is 86.3 Å². The zero-order valence-corrected chi connectivity index (χ0v) is 22.0. The van der Waals surface area contributed by atoms with E-state index in [0.29, 0.717) is 29.3 Å². The van der Waals surface area contributed by atoms with Gasteiger partial charge in [0.05, 0.1) is 25.1 Å². The summed E-state index contributed by atoms with van der Waals surface area (Å²) in [6, 6.07) is 7.26. The molecular formula is C29H42NO3+. The van der Waals surface area contributed by atoms with Gasteiger partial charge in [0.1, 0.15) is 5.69 Å². The Morgan fingerprint density at radius 1 is 1.18 bits per heavy atom. The van der Waals surface area contributed by atoms with Gasteiger partial charge in [-0.25, -0.2) is 14.1 Å². The van der Waals surface area contributed by atoms with Crippen LogP contribution in [0.25, 0.3) is 0 Å². The van der Waals surface area contributed by atoms with Crippen LogP contribution in [0.15, 0.2) is 42.0 Å². The van der Waals surface area contributed by atoms with Gasteiger partial charge in [-0.15, -0.1) is 0 Å². The summed E-state index contributed by atoms with van der Waals surface area (Å²) >= 11 is 0. The molecule has 1 aromatic carbocycles. The van der Waals surface area contributed by atoms with Gasteiger partial charge in [0.25, 0.3) is 0 Å². The average molecular weight is 453 g/mol. The lowest BCUT2D eigenvalue weighted by molar-refractivity contribution is -0.137. The molecule has 1 aromatic rings.